The Morgan fingerprint density at radius 3 is 2.16 bits per heavy atom. The van der Waals surface area contributed by atoms with Gasteiger partial charge in [0.1, 0.15) is 0 Å². The SMILES string of the molecule is C[C@H]1CN([C@@H]2C=CCCC2)CCN1[C@@H]1C=CCCC1. The van der Waals surface area contributed by atoms with Crippen LogP contribution in [0.3, 0.4) is 0 Å². The Morgan fingerprint density at radius 2 is 1.58 bits per heavy atom. The number of hydrogen-bond acceptors (Lipinski definition) is 2. The second-order valence-electron chi connectivity index (χ2n) is 6.43. The van der Waals surface area contributed by atoms with Crippen molar-refractivity contribution in [2.24, 2.45) is 0 Å². The zero-order chi connectivity index (χ0) is 13.1. The number of hydrogen-bond donors (Lipinski definition) is 0. The summed E-state index contributed by atoms with van der Waals surface area (Å²) in [5.74, 6) is 0. The maximum absolute atomic E-state index is 2.73. The molecule has 1 fully saturated rings. The van der Waals surface area contributed by atoms with E-state index < -0.39 is 0 Å². The molecule has 2 nitrogen and oxygen atoms in total. The smallest absolute Gasteiger partial charge is 0.0282 e. The largest absolute Gasteiger partial charge is 0.294 e. The highest BCUT2D eigenvalue weighted by molar-refractivity contribution is 5.04. The molecule has 3 rings (SSSR count). The van der Waals surface area contributed by atoms with E-state index in [1.807, 2.05) is 0 Å². The number of rotatable bonds is 2. The third kappa shape index (κ3) is 3.11. The van der Waals surface area contributed by atoms with Crippen LogP contribution in [0.15, 0.2) is 24.3 Å². The molecule has 0 aromatic heterocycles. The minimum Gasteiger partial charge on any atom is -0.294 e. The van der Waals surface area contributed by atoms with Crippen LogP contribution < -0.4 is 0 Å². The molecular formula is C17H28N2. The zero-order valence-electron chi connectivity index (χ0n) is 12.3. The van der Waals surface area contributed by atoms with Gasteiger partial charge in [-0.15, -0.1) is 0 Å². The number of allylic oxidation sites excluding steroid dienone is 2. The molecule has 106 valence electrons. The maximum Gasteiger partial charge on any atom is 0.0282 e. The van der Waals surface area contributed by atoms with E-state index in [4.69, 9.17) is 0 Å². The normalized spacial score (nSPS) is 37.6. The minimum atomic E-state index is 0.705. The van der Waals surface area contributed by atoms with Crippen LogP contribution in [0.25, 0.3) is 0 Å². The molecule has 0 aromatic rings. The molecule has 2 aliphatic carbocycles. The van der Waals surface area contributed by atoms with E-state index in [9.17, 15) is 0 Å². The molecule has 1 aliphatic heterocycles. The van der Waals surface area contributed by atoms with Gasteiger partial charge in [0.25, 0.3) is 0 Å². The predicted molar refractivity (Wildman–Crippen MR) is 81.3 cm³/mol. The molecule has 0 unspecified atom stereocenters. The van der Waals surface area contributed by atoms with E-state index >= 15 is 0 Å². The summed E-state index contributed by atoms with van der Waals surface area (Å²) < 4.78 is 0. The molecule has 0 N–H and O–H groups in total. The summed E-state index contributed by atoms with van der Waals surface area (Å²) >= 11 is 0. The van der Waals surface area contributed by atoms with Crippen LogP contribution in [0.1, 0.15) is 45.4 Å². The Bertz CT molecular complexity index is 347. The lowest BCUT2D eigenvalue weighted by atomic mass is 9.96. The molecule has 0 spiro atoms. The van der Waals surface area contributed by atoms with Crippen molar-refractivity contribution in [3.05, 3.63) is 24.3 Å². The second-order valence-corrected chi connectivity index (χ2v) is 6.43. The van der Waals surface area contributed by atoms with Crippen LogP contribution in [0.5, 0.6) is 0 Å². The van der Waals surface area contributed by atoms with Crippen molar-refractivity contribution in [1.82, 2.24) is 9.80 Å². The molecule has 1 heterocycles. The number of piperazine rings is 1. The molecule has 1 saturated heterocycles. The van der Waals surface area contributed by atoms with E-state index in [0.717, 1.165) is 6.04 Å². The highest BCUT2D eigenvalue weighted by Crippen LogP contribution is 2.24. The van der Waals surface area contributed by atoms with Crippen molar-refractivity contribution >= 4 is 0 Å². The molecule has 3 atom stereocenters. The van der Waals surface area contributed by atoms with Gasteiger partial charge in [-0.05, 0) is 45.4 Å². The van der Waals surface area contributed by atoms with Crippen molar-refractivity contribution in [2.75, 3.05) is 19.6 Å². The van der Waals surface area contributed by atoms with Crippen LogP contribution in [0.4, 0.5) is 0 Å². The maximum atomic E-state index is 2.73. The van der Waals surface area contributed by atoms with Crippen LogP contribution in [0, 0.1) is 0 Å². The Labute approximate surface area is 118 Å². The lowest BCUT2D eigenvalue weighted by molar-refractivity contribution is 0.0429. The third-order valence-electron chi connectivity index (χ3n) is 5.06. The van der Waals surface area contributed by atoms with Gasteiger partial charge in [0.2, 0.25) is 0 Å². The average Bonchev–Trinajstić information content (AvgIpc) is 2.49. The summed E-state index contributed by atoms with van der Waals surface area (Å²) in [6, 6.07) is 2.14. The van der Waals surface area contributed by atoms with Crippen molar-refractivity contribution in [1.29, 1.82) is 0 Å². The fourth-order valence-electron chi connectivity index (χ4n) is 3.96. The van der Waals surface area contributed by atoms with E-state index in [2.05, 4.69) is 41.0 Å². The average molecular weight is 260 g/mol. The van der Waals surface area contributed by atoms with Gasteiger partial charge in [-0.25, -0.2) is 0 Å². The molecule has 0 saturated carbocycles. The Hall–Kier alpha value is -0.600. The van der Waals surface area contributed by atoms with Crippen molar-refractivity contribution in [3.63, 3.8) is 0 Å². The van der Waals surface area contributed by atoms with E-state index in [1.54, 1.807) is 0 Å². The van der Waals surface area contributed by atoms with Gasteiger partial charge in [-0.3, -0.25) is 9.80 Å². The van der Waals surface area contributed by atoms with Crippen LogP contribution in [-0.4, -0.2) is 47.6 Å². The van der Waals surface area contributed by atoms with Crippen molar-refractivity contribution in [2.45, 2.75) is 63.6 Å². The van der Waals surface area contributed by atoms with Crippen LogP contribution in [0.2, 0.25) is 0 Å². The van der Waals surface area contributed by atoms with E-state index in [0.29, 0.717) is 12.1 Å². The first-order chi connectivity index (χ1) is 9.34. The lowest BCUT2D eigenvalue weighted by Gasteiger charge is -2.46. The Balaban J connectivity index is 1.58. The molecule has 2 heteroatoms. The molecule has 0 radical (unpaired) electrons. The van der Waals surface area contributed by atoms with Gasteiger partial charge in [0.05, 0.1) is 0 Å². The molecule has 19 heavy (non-hydrogen) atoms. The van der Waals surface area contributed by atoms with Crippen LogP contribution in [-0.2, 0) is 0 Å². The van der Waals surface area contributed by atoms with Gasteiger partial charge in [-0.2, -0.15) is 0 Å². The Kier molecular flexibility index (Phi) is 4.39. The quantitative estimate of drug-likeness (QED) is 0.704. The molecular weight excluding hydrogens is 232 g/mol. The summed E-state index contributed by atoms with van der Waals surface area (Å²) in [5.41, 5.74) is 0. The molecule has 0 bridgehead atoms. The van der Waals surface area contributed by atoms with Crippen molar-refractivity contribution < 1.29 is 0 Å². The van der Waals surface area contributed by atoms with E-state index in [1.165, 1.54) is 58.2 Å². The highest BCUT2D eigenvalue weighted by atomic mass is 15.3. The first-order valence-corrected chi connectivity index (χ1v) is 8.18. The minimum absolute atomic E-state index is 0.705. The first kappa shape index (κ1) is 13.4. The lowest BCUT2D eigenvalue weighted by Crippen LogP contribution is -2.57. The molecule has 0 amide bonds. The summed E-state index contributed by atoms with van der Waals surface area (Å²) in [6.45, 7) is 6.17. The topological polar surface area (TPSA) is 6.48 Å². The molecule has 0 aromatic carbocycles. The summed E-state index contributed by atoms with van der Waals surface area (Å²) in [5, 5.41) is 0. The van der Waals surface area contributed by atoms with Gasteiger partial charge < -0.3 is 0 Å². The fraction of sp³-hybridized carbons (Fsp3) is 0.765. The monoisotopic (exact) mass is 260 g/mol. The zero-order valence-corrected chi connectivity index (χ0v) is 12.3. The van der Waals surface area contributed by atoms with Gasteiger partial charge >= 0.3 is 0 Å². The number of nitrogens with zero attached hydrogens (tertiary/aromatic N) is 2. The van der Waals surface area contributed by atoms with Gasteiger partial charge in [0.15, 0.2) is 0 Å². The fourth-order valence-corrected chi connectivity index (χ4v) is 3.96. The van der Waals surface area contributed by atoms with Crippen LogP contribution >= 0.6 is 0 Å². The predicted octanol–water partition coefficient (Wildman–Crippen LogP) is 3.21. The summed E-state index contributed by atoms with van der Waals surface area (Å²) in [6.07, 6.45) is 17.7. The second kappa shape index (κ2) is 6.23. The highest BCUT2D eigenvalue weighted by Gasteiger charge is 2.31. The summed E-state index contributed by atoms with van der Waals surface area (Å²) in [7, 11) is 0. The molecule has 3 aliphatic rings. The Morgan fingerprint density at radius 1 is 0.895 bits per heavy atom. The summed E-state index contributed by atoms with van der Waals surface area (Å²) in [4.78, 5) is 5.45. The van der Waals surface area contributed by atoms with E-state index in [-0.39, 0.29) is 0 Å². The standard InChI is InChI=1S/C17H28N2/c1-15-14-18(16-8-4-2-5-9-16)12-13-19(15)17-10-6-3-7-11-17/h4,6,8,10,15-17H,2-3,5,7,9,11-14H2,1H3/t15-,16+,17+/m0/s1. The van der Waals surface area contributed by atoms with Crippen molar-refractivity contribution in [3.8, 4) is 0 Å². The first-order valence-electron chi connectivity index (χ1n) is 8.18. The van der Waals surface area contributed by atoms with Gasteiger partial charge in [-0.1, -0.05) is 24.3 Å². The third-order valence-corrected chi connectivity index (χ3v) is 5.06. The van der Waals surface area contributed by atoms with Gasteiger partial charge in [0, 0.05) is 37.8 Å².